The number of ether oxygens (including phenoxy) is 3. The van der Waals surface area contributed by atoms with Crippen molar-refractivity contribution in [1.29, 1.82) is 0 Å². The molecule has 1 rings (SSSR count). The van der Waals surface area contributed by atoms with Crippen LogP contribution in [0.5, 0.6) is 5.75 Å². The molecule has 0 unspecified atom stereocenters. The lowest BCUT2D eigenvalue weighted by Crippen LogP contribution is -2.41. The second-order valence-corrected chi connectivity index (χ2v) is 6.72. The molecule has 0 saturated carbocycles. The van der Waals surface area contributed by atoms with Crippen molar-refractivity contribution in [2.24, 2.45) is 4.99 Å². The Hall–Kier alpha value is -1.83. The first kappa shape index (κ1) is 24.2. The topological polar surface area (TPSA) is 67.4 Å². The number of rotatable bonds is 14. The average Bonchev–Trinajstić information content (AvgIpc) is 2.68. The van der Waals surface area contributed by atoms with E-state index in [1.807, 2.05) is 0 Å². The molecule has 2 N–H and O–H groups in total. The molecule has 0 spiro atoms. The van der Waals surface area contributed by atoms with Gasteiger partial charge in [-0.3, -0.25) is 0 Å². The van der Waals surface area contributed by atoms with Crippen molar-refractivity contribution >= 4 is 5.96 Å². The van der Waals surface area contributed by atoms with Crippen molar-refractivity contribution in [3.8, 4) is 5.75 Å². The van der Waals surface area contributed by atoms with Gasteiger partial charge in [0.1, 0.15) is 5.75 Å². The summed E-state index contributed by atoms with van der Waals surface area (Å²) in [6.07, 6.45) is 0.869. The number of benzene rings is 1. The Kier molecular flexibility index (Phi) is 13.1. The van der Waals surface area contributed by atoms with Gasteiger partial charge in [0, 0.05) is 59.0 Å². The molecule has 0 amide bonds. The van der Waals surface area contributed by atoms with Gasteiger partial charge in [-0.15, -0.1) is 0 Å². The van der Waals surface area contributed by atoms with Crippen LogP contribution in [0, 0.1) is 6.92 Å². The molecule has 160 valence electrons. The molecule has 1 aromatic rings. The third-order valence-electron chi connectivity index (χ3n) is 4.19. The van der Waals surface area contributed by atoms with Crippen LogP contribution >= 0.6 is 0 Å². The molecule has 7 heteroatoms. The molecule has 0 radical (unpaired) electrons. The molecule has 0 fully saturated rings. The Morgan fingerprint density at radius 2 is 1.86 bits per heavy atom. The second-order valence-electron chi connectivity index (χ2n) is 6.72. The fraction of sp³-hybridized carbons (Fsp3) is 0.667. The van der Waals surface area contributed by atoms with E-state index < -0.39 is 0 Å². The Morgan fingerprint density at radius 3 is 2.57 bits per heavy atom. The summed E-state index contributed by atoms with van der Waals surface area (Å²) in [5, 5.41) is 6.69. The molecule has 0 saturated heterocycles. The number of nitrogens with zero attached hydrogens (tertiary/aromatic N) is 2. The average molecular weight is 395 g/mol. The molecule has 0 atom stereocenters. The van der Waals surface area contributed by atoms with E-state index in [0.29, 0.717) is 19.8 Å². The number of aryl methyl sites for hydroxylation is 1. The fourth-order valence-corrected chi connectivity index (χ4v) is 2.54. The van der Waals surface area contributed by atoms with E-state index in [0.717, 1.165) is 56.5 Å². The van der Waals surface area contributed by atoms with E-state index in [4.69, 9.17) is 19.2 Å². The van der Waals surface area contributed by atoms with Gasteiger partial charge in [0.25, 0.3) is 0 Å². The molecular formula is C21H38N4O3. The van der Waals surface area contributed by atoms with Crippen molar-refractivity contribution in [1.82, 2.24) is 15.5 Å². The van der Waals surface area contributed by atoms with Gasteiger partial charge in [0.2, 0.25) is 0 Å². The zero-order valence-corrected chi connectivity index (χ0v) is 18.2. The maximum absolute atomic E-state index is 5.95. The normalized spacial score (nSPS) is 11.7. The van der Waals surface area contributed by atoms with Crippen molar-refractivity contribution < 1.29 is 14.2 Å². The van der Waals surface area contributed by atoms with Gasteiger partial charge >= 0.3 is 0 Å². The van der Waals surface area contributed by atoms with Crippen LogP contribution in [-0.2, 0) is 16.0 Å². The molecule has 0 aliphatic carbocycles. The van der Waals surface area contributed by atoms with E-state index in [9.17, 15) is 0 Å². The first-order chi connectivity index (χ1) is 13.6. The fourth-order valence-electron chi connectivity index (χ4n) is 2.54. The van der Waals surface area contributed by atoms with Crippen molar-refractivity contribution in [2.75, 3.05) is 67.3 Å². The molecule has 0 heterocycles. The van der Waals surface area contributed by atoms with Crippen molar-refractivity contribution in [3.05, 3.63) is 29.3 Å². The van der Waals surface area contributed by atoms with Gasteiger partial charge in [-0.05, 0) is 32.5 Å². The third kappa shape index (κ3) is 10.5. The molecule has 0 aliphatic heterocycles. The van der Waals surface area contributed by atoms with Crippen molar-refractivity contribution in [3.63, 3.8) is 0 Å². The summed E-state index contributed by atoms with van der Waals surface area (Å²) in [6.45, 7) is 10.3. The summed E-state index contributed by atoms with van der Waals surface area (Å²) < 4.78 is 16.2. The highest BCUT2D eigenvalue weighted by Gasteiger charge is 2.06. The zero-order chi connectivity index (χ0) is 20.6. The van der Waals surface area contributed by atoms with Crippen LogP contribution in [-0.4, -0.2) is 78.1 Å². The summed E-state index contributed by atoms with van der Waals surface area (Å²) in [4.78, 5) is 6.95. The SMILES string of the molecule is CCNC(=NCc1ccc(C)cc1OCCCOC)NCCN(C)CCOC. The largest absolute Gasteiger partial charge is 0.493 e. The lowest BCUT2D eigenvalue weighted by molar-refractivity contribution is 0.162. The standard InChI is InChI=1S/C21H38N4O3/c1-6-22-21(23-10-11-25(3)12-15-27-5)24-17-19-9-8-18(2)16-20(19)28-14-7-13-26-4/h8-9,16H,6-7,10-15,17H2,1-5H3,(H2,22,23,24). The Labute approximate surface area is 170 Å². The maximum atomic E-state index is 5.95. The minimum atomic E-state index is 0.564. The van der Waals surface area contributed by atoms with E-state index >= 15 is 0 Å². The van der Waals surface area contributed by atoms with Gasteiger partial charge in [-0.25, -0.2) is 4.99 Å². The molecular weight excluding hydrogens is 356 g/mol. The number of hydrogen-bond acceptors (Lipinski definition) is 5. The van der Waals surface area contributed by atoms with E-state index in [-0.39, 0.29) is 0 Å². The highest BCUT2D eigenvalue weighted by Crippen LogP contribution is 2.21. The van der Waals surface area contributed by atoms with Gasteiger partial charge in [-0.1, -0.05) is 12.1 Å². The van der Waals surface area contributed by atoms with Gasteiger partial charge in [0.15, 0.2) is 5.96 Å². The Morgan fingerprint density at radius 1 is 1.07 bits per heavy atom. The Bertz CT molecular complexity index is 567. The zero-order valence-electron chi connectivity index (χ0n) is 18.2. The van der Waals surface area contributed by atoms with Gasteiger partial charge in [0.05, 0.1) is 19.8 Å². The van der Waals surface area contributed by atoms with Crippen LogP contribution in [0.3, 0.4) is 0 Å². The van der Waals surface area contributed by atoms with E-state index in [1.54, 1.807) is 14.2 Å². The second kappa shape index (κ2) is 15.1. The summed E-state index contributed by atoms with van der Waals surface area (Å²) in [5.74, 6) is 1.71. The van der Waals surface area contributed by atoms with Crippen molar-refractivity contribution in [2.45, 2.75) is 26.8 Å². The number of nitrogens with one attached hydrogen (secondary N) is 2. The van der Waals surface area contributed by atoms with E-state index in [1.165, 1.54) is 5.56 Å². The smallest absolute Gasteiger partial charge is 0.191 e. The number of aliphatic imine (C=N–C) groups is 1. The first-order valence-corrected chi connectivity index (χ1v) is 10.0. The summed E-state index contributed by atoms with van der Waals surface area (Å²) in [6, 6.07) is 6.26. The van der Waals surface area contributed by atoms with Crippen LogP contribution in [0.25, 0.3) is 0 Å². The van der Waals surface area contributed by atoms with Gasteiger partial charge in [-0.2, -0.15) is 0 Å². The van der Waals surface area contributed by atoms with Crippen LogP contribution in [0.2, 0.25) is 0 Å². The lowest BCUT2D eigenvalue weighted by Gasteiger charge is -2.18. The Balaban J connectivity index is 2.62. The first-order valence-electron chi connectivity index (χ1n) is 10.0. The molecule has 28 heavy (non-hydrogen) atoms. The molecule has 1 aromatic carbocycles. The quantitative estimate of drug-likeness (QED) is 0.286. The number of hydrogen-bond donors (Lipinski definition) is 2. The maximum Gasteiger partial charge on any atom is 0.191 e. The summed E-state index contributed by atoms with van der Waals surface area (Å²) in [7, 11) is 5.52. The van der Waals surface area contributed by atoms with Crippen LogP contribution in [0.1, 0.15) is 24.5 Å². The lowest BCUT2D eigenvalue weighted by atomic mass is 10.1. The summed E-state index contributed by atoms with van der Waals surface area (Å²) in [5.41, 5.74) is 2.26. The van der Waals surface area contributed by atoms with Crippen LogP contribution < -0.4 is 15.4 Å². The van der Waals surface area contributed by atoms with E-state index in [2.05, 4.69) is 54.6 Å². The molecule has 0 bridgehead atoms. The van der Waals surface area contributed by atoms with Gasteiger partial charge < -0.3 is 29.7 Å². The summed E-state index contributed by atoms with van der Waals surface area (Å²) >= 11 is 0. The number of likely N-dealkylation sites (N-methyl/N-ethyl adjacent to an activating group) is 1. The number of guanidine groups is 1. The molecule has 0 aromatic heterocycles. The third-order valence-corrected chi connectivity index (χ3v) is 4.19. The molecule has 7 nitrogen and oxygen atoms in total. The number of methoxy groups -OCH3 is 2. The minimum absolute atomic E-state index is 0.564. The van der Waals surface area contributed by atoms with Crippen LogP contribution in [0.15, 0.2) is 23.2 Å². The highest BCUT2D eigenvalue weighted by molar-refractivity contribution is 5.79. The molecule has 0 aliphatic rings. The predicted molar refractivity (Wildman–Crippen MR) is 115 cm³/mol. The highest BCUT2D eigenvalue weighted by atomic mass is 16.5. The van der Waals surface area contributed by atoms with Crippen LogP contribution in [0.4, 0.5) is 0 Å². The predicted octanol–water partition coefficient (Wildman–Crippen LogP) is 2.04. The monoisotopic (exact) mass is 394 g/mol. The minimum Gasteiger partial charge on any atom is -0.493 e.